The number of sulfonamides is 1. The highest BCUT2D eigenvalue weighted by Crippen LogP contribution is 2.37. The number of alkyl halides is 3. The lowest BCUT2D eigenvalue weighted by molar-refractivity contribution is -0.183. The standard InChI is InChI=1S/C12H23F3N4O2S.HI/c1-16-11(17-6-7-18-22(2,20)21)19-10-5-3-4-9(8-10)12(13,14)15;/h9-10,18H,3-8H2,1-2H3,(H2,16,17,19);1H. The first-order chi connectivity index (χ1) is 10.1. The minimum atomic E-state index is -4.16. The van der Waals surface area contributed by atoms with E-state index in [0.717, 1.165) is 6.26 Å². The number of aliphatic imine (C=N–C) groups is 1. The van der Waals surface area contributed by atoms with Gasteiger partial charge in [-0.3, -0.25) is 4.99 Å². The van der Waals surface area contributed by atoms with Crippen LogP contribution in [-0.4, -0.2) is 53.0 Å². The van der Waals surface area contributed by atoms with Gasteiger partial charge >= 0.3 is 6.18 Å². The van der Waals surface area contributed by atoms with Crippen LogP contribution in [0.3, 0.4) is 0 Å². The van der Waals surface area contributed by atoms with Crippen LogP contribution in [0.15, 0.2) is 4.99 Å². The molecule has 0 aromatic heterocycles. The third kappa shape index (κ3) is 9.55. The molecule has 0 radical (unpaired) electrons. The molecule has 1 fully saturated rings. The predicted octanol–water partition coefficient (Wildman–Crippen LogP) is 1.44. The summed E-state index contributed by atoms with van der Waals surface area (Å²) in [7, 11) is -1.74. The van der Waals surface area contributed by atoms with E-state index in [1.807, 2.05) is 0 Å². The normalized spacial score (nSPS) is 23.1. The first-order valence-electron chi connectivity index (χ1n) is 7.10. The molecular formula is C12H24F3IN4O2S. The maximum absolute atomic E-state index is 12.8. The van der Waals surface area contributed by atoms with Gasteiger partial charge in [-0.25, -0.2) is 13.1 Å². The Morgan fingerprint density at radius 2 is 1.91 bits per heavy atom. The molecule has 23 heavy (non-hydrogen) atoms. The van der Waals surface area contributed by atoms with Crippen molar-refractivity contribution in [2.24, 2.45) is 10.9 Å². The van der Waals surface area contributed by atoms with Crippen LogP contribution in [0.4, 0.5) is 13.2 Å². The SMILES string of the molecule is CN=C(NCCNS(C)(=O)=O)NC1CCCC(C(F)(F)F)C1.I. The van der Waals surface area contributed by atoms with Crippen molar-refractivity contribution in [3.8, 4) is 0 Å². The Morgan fingerprint density at radius 3 is 2.43 bits per heavy atom. The highest BCUT2D eigenvalue weighted by molar-refractivity contribution is 14.0. The Morgan fingerprint density at radius 1 is 1.26 bits per heavy atom. The molecule has 0 spiro atoms. The van der Waals surface area contributed by atoms with Gasteiger partial charge in [-0.15, -0.1) is 24.0 Å². The summed E-state index contributed by atoms with van der Waals surface area (Å²) in [6.45, 7) is 0.470. The van der Waals surface area contributed by atoms with Crippen LogP contribution in [0.25, 0.3) is 0 Å². The van der Waals surface area contributed by atoms with Gasteiger partial charge in [0, 0.05) is 26.2 Å². The van der Waals surface area contributed by atoms with Gasteiger partial charge in [0.05, 0.1) is 12.2 Å². The second-order valence-corrected chi connectivity index (χ2v) is 7.24. The van der Waals surface area contributed by atoms with E-state index < -0.39 is 22.1 Å². The fourth-order valence-electron chi connectivity index (χ4n) is 2.42. The monoisotopic (exact) mass is 472 g/mol. The number of guanidine groups is 1. The van der Waals surface area contributed by atoms with Crippen LogP contribution >= 0.6 is 24.0 Å². The van der Waals surface area contributed by atoms with E-state index in [9.17, 15) is 21.6 Å². The van der Waals surface area contributed by atoms with E-state index in [1.165, 1.54) is 7.05 Å². The van der Waals surface area contributed by atoms with Gasteiger partial charge in [0.25, 0.3) is 0 Å². The minimum absolute atomic E-state index is 0. The zero-order chi connectivity index (χ0) is 16.8. The zero-order valence-corrected chi connectivity index (χ0v) is 16.3. The molecule has 0 aromatic rings. The molecule has 0 aliphatic heterocycles. The lowest BCUT2D eigenvalue weighted by atomic mass is 9.85. The van der Waals surface area contributed by atoms with E-state index in [-0.39, 0.29) is 49.4 Å². The topological polar surface area (TPSA) is 82.6 Å². The van der Waals surface area contributed by atoms with Gasteiger partial charge in [0.1, 0.15) is 0 Å². The second-order valence-electron chi connectivity index (χ2n) is 5.41. The first kappa shape index (κ1) is 22.7. The van der Waals surface area contributed by atoms with Crippen LogP contribution in [0.2, 0.25) is 0 Å². The molecule has 2 unspecified atom stereocenters. The quantitative estimate of drug-likeness (QED) is 0.245. The van der Waals surface area contributed by atoms with Crippen LogP contribution < -0.4 is 15.4 Å². The summed E-state index contributed by atoms with van der Waals surface area (Å²) in [6, 6.07) is -0.283. The van der Waals surface area contributed by atoms with Crippen molar-refractivity contribution in [1.29, 1.82) is 0 Å². The molecule has 1 saturated carbocycles. The summed E-state index contributed by atoms with van der Waals surface area (Å²) in [6.07, 6.45) is -1.71. The van der Waals surface area contributed by atoms with Gasteiger partial charge in [-0.1, -0.05) is 6.42 Å². The number of hydrogen-bond donors (Lipinski definition) is 3. The summed E-state index contributed by atoms with van der Waals surface area (Å²) in [5.41, 5.74) is 0. The second kappa shape index (κ2) is 9.87. The van der Waals surface area contributed by atoms with Crippen molar-refractivity contribution in [3.63, 3.8) is 0 Å². The average Bonchev–Trinajstić information content (AvgIpc) is 2.40. The summed E-state index contributed by atoms with van der Waals surface area (Å²) < 4.78 is 62.4. The fraction of sp³-hybridized carbons (Fsp3) is 0.917. The summed E-state index contributed by atoms with van der Waals surface area (Å²) in [5.74, 6) is -0.896. The number of nitrogens with zero attached hydrogens (tertiary/aromatic N) is 1. The third-order valence-corrected chi connectivity index (χ3v) is 4.21. The van der Waals surface area contributed by atoms with E-state index in [0.29, 0.717) is 25.3 Å². The van der Waals surface area contributed by atoms with E-state index in [1.54, 1.807) is 0 Å². The van der Waals surface area contributed by atoms with Gasteiger partial charge in [-0.2, -0.15) is 13.2 Å². The van der Waals surface area contributed by atoms with Gasteiger partial charge in [-0.05, 0) is 19.3 Å². The molecular weight excluding hydrogens is 448 g/mol. The molecule has 6 nitrogen and oxygen atoms in total. The Kier molecular flexibility index (Phi) is 9.74. The number of hydrogen-bond acceptors (Lipinski definition) is 3. The smallest absolute Gasteiger partial charge is 0.355 e. The zero-order valence-electron chi connectivity index (χ0n) is 13.1. The highest BCUT2D eigenvalue weighted by atomic mass is 127. The number of rotatable bonds is 5. The Balaban J connectivity index is 0.00000484. The maximum Gasteiger partial charge on any atom is 0.391 e. The molecule has 11 heteroatoms. The van der Waals surface area contributed by atoms with Crippen LogP contribution in [0, 0.1) is 5.92 Å². The van der Waals surface area contributed by atoms with Crippen LogP contribution in [0.5, 0.6) is 0 Å². The third-order valence-electron chi connectivity index (χ3n) is 3.48. The number of nitrogens with one attached hydrogen (secondary N) is 3. The van der Waals surface area contributed by atoms with Gasteiger partial charge in [0.2, 0.25) is 10.0 Å². The van der Waals surface area contributed by atoms with E-state index in [2.05, 4.69) is 20.3 Å². The predicted molar refractivity (Wildman–Crippen MR) is 94.6 cm³/mol. The van der Waals surface area contributed by atoms with Gasteiger partial charge in [0.15, 0.2) is 5.96 Å². The Hall–Kier alpha value is -0.300. The van der Waals surface area contributed by atoms with Crippen molar-refractivity contribution in [1.82, 2.24) is 15.4 Å². The van der Waals surface area contributed by atoms with Gasteiger partial charge < -0.3 is 10.6 Å². The highest BCUT2D eigenvalue weighted by Gasteiger charge is 2.42. The van der Waals surface area contributed by atoms with Crippen molar-refractivity contribution < 1.29 is 21.6 Å². The molecule has 0 heterocycles. The molecule has 0 saturated heterocycles. The lowest BCUT2D eigenvalue weighted by Gasteiger charge is -2.31. The molecule has 138 valence electrons. The molecule has 1 rings (SSSR count). The molecule has 2 atom stereocenters. The summed E-state index contributed by atoms with van der Waals surface area (Å²) in [4.78, 5) is 3.94. The average molecular weight is 472 g/mol. The fourth-order valence-corrected chi connectivity index (χ4v) is 2.90. The molecule has 3 N–H and O–H groups in total. The van der Waals surface area contributed by atoms with Crippen molar-refractivity contribution in [2.75, 3.05) is 26.4 Å². The molecule has 0 aromatic carbocycles. The van der Waals surface area contributed by atoms with Crippen molar-refractivity contribution in [2.45, 2.75) is 37.9 Å². The molecule has 1 aliphatic carbocycles. The molecule has 1 aliphatic rings. The maximum atomic E-state index is 12.8. The number of halogens is 4. The summed E-state index contributed by atoms with van der Waals surface area (Å²) >= 11 is 0. The largest absolute Gasteiger partial charge is 0.391 e. The lowest BCUT2D eigenvalue weighted by Crippen LogP contribution is -2.48. The van der Waals surface area contributed by atoms with E-state index >= 15 is 0 Å². The Bertz CT molecular complexity index is 485. The first-order valence-corrected chi connectivity index (χ1v) is 8.99. The minimum Gasteiger partial charge on any atom is -0.355 e. The van der Waals surface area contributed by atoms with E-state index in [4.69, 9.17) is 0 Å². The van der Waals surface area contributed by atoms with Crippen LogP contribution in [0.1, 0.15) is 25.7 Å². The van der Waals surface area contributed by atoms with Crippen LogP contribution in [-0.2, 0) is 10.0 Å². The molecule has 0 amide bonds. The Labute approximate surface area is 152 Å². The van der Waals surface area contributed by atoms with Crippen molar-refractivity contribution in [3.05, 3.63) is 0 Å². The summed E-state index contributed by atoms with van der Waals surface area (Å²) in [5, 5.41) is 5.84. The van der Waals surface area contributed by atoms with Crippen molar-refractivity contribution >= 4 is 40.0 Å². The molecule has 0 bridgehead atoms.